The number of rotatable bonds is 18. The summed E-state index contributed by atoms with van der Waals surface area (Å²) >= 11 is 0. The van der Waals surface area contributed by atoms with Crippen LogP contribution >= 0.6 is 0 Å². The molecule has 13 heteroatoms. The van der Waals surface area contributed by atoms with Crippen LogP contribution in [0.1, 0.15) is 69.7 Å². The van der Waals surface area contributed by atoms with Crippen molar-refractivity contribution in [2.45, 2.75) is 71.4 Å². The number of urea groups is 1. The maximum atomic E-state index is 13.3. The Morgan fingerprint density at radius 2 is 1.65 bits per heavy atom. The normalized spacial score (nSPS) is 12.2. The van der Waals surface area contributed by atoms with Crippen molar-refractivity contribution in [1.82, 2.24) is 16.0 Å². The van der Waals surface area contributed by atoms with E-state index >= 15 is 0 Å². The topological polar surface area (TPSA) is 204 Å². The van der Waals surface area contributed by atoms with Gasteiger partial charge in [-0.15, -0.1) is 0 Å². The largest absolute Gasteiger partial charge is 0.493 e. The molecular formula is C27H44N6O7. The van der Waals surface area contributed by atoms with E-state index in [2.05, 4.69) is 21.3 Å². The van der Waals surface area contributed by atoms with E-state index in [-0.39, 0.29) is 36.1 Å². The third-order valence-electron chi connectivity index (χ3n) is 5.92. The average Bonchev–Trinajstić information content (AvgIpc) is 2.90. The van der Waals surface area contributed by atoms with Gasteiger partial charge in [-0.1, -0.05) is 26.7 Å². The highest BCUT2D eigenvalue weighted by molar-refractivity contribution is 5.99. The minimum atomic E-state index is -0.996. The van der Waals surface area contributed by atoms with Crippen LogP contribution in [0.25, 0.3) is 0 Å². The predicted molar refractivity (Wildman–Crippen MR) is 151 cm³/mol. The third-order valence-corrected chi connectivity index (χ3v) is 5.92. The first kappa shape index (κ1) is 34.2. The molecule has 8 N–H and O–H groups in total. The maximum Gasteiger partial charge on any atom is 0.341 e. The molecule has 1 aromatic rings. The Morgan fingerprint density at radius 3 is 2.25 bits per heavy atom. The fraction of sp³-hybridized carbons (Fsp3) is 0.593. The number of nitrogens with one attached hydrogen (secondary N) is 4. The fourth-order valence-corrected chi connectivity index (χ4v) is 3.81. The molecule has 40 heavy (non-hydrogen) atoms. The first-order valence-corrected chi connectivity index (χ1v) is 13.5. The lowest BCUT2D eigenvalue weighted by Gasteiger charge is -2.25. The Morgan fingerprint density at radius 1 is 0.950 bits per heavy atom. The first-order valence-electron chi connectivity index (χ1n) is 13.5. The quantitative estimate of drug-likeness (QED) is 0.113. The number of amides is 5. The van der Waals surface area contributed by atoms with Gasteiger partial charge in [-0.25, -0.2) is 9.59 Å². The predicted octanol–water partition coefficient (Wildman–Crippen LogP) is 1.40. The van der Waals surface area contributed by atoms with Crippen molar-refractivity contribution in [1.29, 1.82) is 0 Å². The average molecular weight is 565 g/mol. The summed E-state index contributed by atoms with van der Waals surface area (Å²) in [7, 11) is 1.26. The van der Waals surface area contributed by atoms with Gasteiger partial charge < -0.3 is 42.2 Å². The van der Waals surface area contributed by atoms with E-state index in [4.69, 9.17) is 20.9 Å². The molecule has 0 aliphatic carbocycles. The lowest BCUT2D eigenvalue weighted by atomic mass is 10.0. The Balaban J connectivity index is 3.07. The van der Waals surface area contributed by atoms with Gasteiger partial charge >= 0.3 is 12.0 Å². The molecule has 0 aliphatic heterocycles. The van der Waals surface area contributed by atoms with Gasteiger partial charge in [0.2, 0.25) is 17.7 Å². The molecule has 13 nitrogen and oxygen atoms in total. The molecule has 0 saturated heterocycles. The molecule has 2 atom stereocenters. The first-order chi connectivity index (χ1) is 19.0. The molecule has 0 saturated carbocycles. The van der Waals surface area contributed by atoms with Crippen LogP contribution in [0.2, 0.25) is 0 Å². The zero-order chi connectivity index (χ0) is 30.1. The molecular weight excluding hydrogens is 520 g/mol. The minimum Gasteiger partial charge on any atom is -0.493 e. The second-order valence-corrected chi connectivity index (χ2v) is 9.66. The van der Waals surface area contributed by atoms with Gasteiger partial charge in [0.15, 0.2) is 0 Å². The zero-order valence-electron chi connectivity index (χ0n) is 23.8. The van der Waals surface area contributed by atoms with Crippen LogP contribution in [-0.4, -0.2) is 68.6 Å². The number of carbonyl (C=O) groups is 5. The Hall–Kier alpha value is -3.87. The summed E-state index contributed by atoms with van der Waals surface area (Å²) in [6, 6.07) is 1.99. The zero-order valence-corrected chi connectivity index (χ0v) is 23.8. The monoisotopic (exact) mass is 564 g/mol. The number of hydrogen-bond donors (Lipinski definition) is 6. The summed E-state index contributed by atoms with van der Waals surface area (Å²) in [5, 5.41) is 10.5. The van der Waals surface area contributed by atoms with Crippen molar-refractivity contribution >= 4 is 35.4 Å². The SMILES string of the molecule is COC(=O)c1ccc(NC(=O)[C@H](CCCNC(N)=O)NC(=O)C(NC(C)=O)C(C)C)cc1OCCCCCCN. The van der Waals surface area contributed by atoms with Gasteiger partial charge in [0, 0.05) is 25.2 Å². The molecule has 1 unspecified atom stereocenters. The van der Waals surface area contributed by atoms with Crippen LogP contribution in [0.3, 0.4) is 0 Å². The standard InChI is InChI=1S/C27H44N6O7/c1-17(2)23(31-18(3)34)25(36)33-21(10-9-14-30-27(29)38)24(35)32-19-11-12-20(26(37)39-4)22(16-19)40-15-8-6-5-7-13-28/h11-12,16-17,21,23H,5-10,13-15,28H2,1-4H3,(H,31,34)(H,32,35)(H,33,36)(H3,29,30,38)/t21-,23?/m0/s1. The molecule has 0 fully saturated rings. The molecule has 224 valence electrons. The van der Waals surface area contributed by atoms with Crippen LogP contribution in [0.5, 0.6) is 5.75 Å². The van der Waals surface area contributed by atoms with Crippen molar-refractivity contribution in [2.24, 2.45) is 17.4 Å². The molecule has 0 heterocycles. The van der Waals surface area contributed by atoms with E-state index in [9.17, 15) is 24.0 Å². The second-order valence-electron chi connectivity index (χ2n) is 9.66. The summed E-state index contributed by atoms with van der Waals surface area (Å²) < 4.78 is 10.7. The van der Waals surface area contributed by atoms with Crippen LogP contribution in [0, 0.1) is 5.92 Å². The van der Waals surface area contributed by atoms with Gasteiger partial charge in [-0.3, -0.25) is 14.4 Å². The van der Waals surface area contributed by atoms with E-state index < -0.39 is 35.9 Å². The molecule has 1 aromatic carbocycles. The highest BCUT2D eigenvalue weighted by Crippen LogP contribution is 2.25. The summed E-state index contributed by atoms with van der Waals surface area (Å²) in [5.41, 5.74) is 11.2. The number of methoxy groups -OCH3 is 1. The number of esters is 1. The highest BCUT2D eigenvalue weighted by atomic mass is 16.5. The Kier molecular flexibility index (Phi) is 15.7. The van der Waals surface area contributed by atoms with Crippen LogP contribution in [0.15, 0.2) is 18.2 Å². The summed E-state index contributed by atoms with van der Waals surface area (Å²) in [5.74, 6) is -1.99. The highest BCUT2D eigenvalue weighted by Gasteiger charge is 2.28. The Bertz CT molecular complexity index is 1000. The number of unbranched alkanes of at least 4 members (excludes halogenated alkanes) is 3. The van der Waals surface area contributed by atoms with Crippen molar-refractivity contribution < 1.29 is 33.4 Å². The van der Waals surface area contributed by atoms with E-state index in [1.54, 1.807) is 13.8 Å². The van der Waals surface area contributed by atoms with Gasteiger partial charge in [-0.05, 0) is 50.3 Å². The third kappa shape index (κ3) is 12.8. The van der Waals surface area contributed by atoms with Gasteiger partial charge in [0.25, 0.3) is 0 Å². The van der Waals surface area contributed by atoms with Crippen molar-refractivity contribution in [3.63, 3.8) is 0 Å². The van der Waals surface area contributed by atoms with E-state index in [0.29, 0.717) is 25.3 Å². The smallest absolute Gasteiger partial charge is 0.341 e. The number of hydrogen-bond acceptors (Lipinski definition) is 8. The maximum absolute atomic E-state index is 13.3. The van der Waals surface area contributed by atoms with E-state index in [1.165, 1.54) is 32.2 Å². The molecule has 0 bridgehead atoms. The summed E-state index contributed by atoms with van der Waals surface area (Å²) in [6.45, 7) is 6.04. The molecule has 5 amide bonds. The molecule has 1 rings (SSSR count). The lowest BCUT2D eigenvalue weighted by molar-refractivity contribution is -0.131. The second kappa shape index (κ2) is 18.4. The number of anilines is 1. The van der Waals surface area contributed by atoms with Gasteiger partial charge in [0.05, 0.1) is 13.7 Å². The van der Waals surface area contributed by atoms with E-state index in [0.717, 1.165) is 25.7 Å². The lowest BCUT2D eigenvalue weighted by Crippen LogP contribution is -2.54. The number of benzene rings is 1. The van der Waals surface area contributed by atoms with Gasteiger partial charge in [-0.2, -0.15) is 0 Å². The number of carbonyl (C=O) groups excluding carboxylic acids is 5. The summed E-state index contributed by atoms with van der Waals surface area (Å²) in [6.07, 6.45) is 4.09. The van der Waals surface area contributed by atoms with Gasteiger partial charge in [0.1, 0.15) is 23.4 Å². The molecule has 0 radical (unpaired) electrons. The minimum absolute atomic E-state index is 0.176. The fourth-order valence-electron chi connectivity index (χ4n) is 3.81. The van der Waals surface area contributed by atoms with Crippen molar-refractivity contribution in [2.75, 3.05) is 32.1 Å². The summed E-state index contributed by atoms with van der Waals surface area (Å²) in [4.78, 5) is 61.1. The Labute approximate surface area is 235 Å². The number of nitrogens with two attached hydrogens (primary N) is 2. The van der Waals surface area contributed by atoms with Crippen molar-refractivity contribution in [3.05, 3.63) is 23.8 Å². The van der Waals surface area contributed by atoms with Crippen molar-refractivity contribution in [3.8, 4) is 5.75 Å². The number of primary amides is 1. The van der Waals surface area contributed by atoms with E-state index in [1.807, 2.05) is 0 Å². The molecule has 0 aliphatic rings. The van der Waals surface area contributed by atoms with Crippen LogP contribution in [0.4, 0.5) is 10.5 Å². The molecule has 0 spiro atoms. The molecule has 0 aromatic heterocycles. The van der Waals surface area contributed by atoms with Crippen LogP contribution in [-0.2, 0) is 19.1 Å². The number of ether oxygens (including phenoxy) is 2. The van der Waals surface area contributed by atoms with Crippen LogP contribution < -0.4 is 37.5 Å².